The fraction of sp³-hybridized carbons (Fsp3) is 0.867. The summed E-state index contributed by atoms with van der Waals surface area (Å²) in [7, 11) is -3.68. The van der Waals surface area contributed by atoms with Crippen LogP contribution in [0.2, 0.25) is 0 Å². The summed E-state index contributed by atoms with van der Waals surface area (Å²) in [6, 6.07) is 0. The van der Waals surface area contributed by atoms with Gasteiger partial charge >= 0.3 is 5.97 Å². The summed E-state index contributed by atoms with van der Waals surface area (Å²) in [5.74, 6) is -1.41. The van der Waals surface area contributed by atoms with Gasteiger partial charge in [0, 0.05) is 26.2 Å². The van der Waals surface area contributed by atoms with E-state index in [2.05, 4.69) is 6.92 Å². The molecule has 0 spiro atoms. The third kappa shape index (κ3) is 8.61. The zero-order valence-corrected chi connectivity index (χ0v) is 15.7. The van der Waals surface area contributed by atoms with Crippen LogP contribution in [0.25, 0.3) is 0 Å². The summed E-state index contributed by atoms with van der Waals surface area (Å²) in [6.45, 7) is 2.77. The topological polar surface area (TPSA) is 113 Å². The molecular weight excluding hydrogens is 352 g/mol. The van der Waals surface area contributed by atoms with Crippen LogP contribution in [0, 0.1) is 0 Å². The fourth-order valence-electron chi connectivity index (χ4n) is 2.46. The number of carbonyl (C=O) groups excluding carboxylic acids is 1. The van der Waals surface area contributed by atoms with Crippen LogP contribution in [0.3, 0.4) is 0 Å². The zero-order chi connectivity index (χ0) is 18.9. The molecule has 0 saturated carbocycles. The second-order valence-electron chi connectivity index (χ2n) is 6.04. The van der Waals surface area contributed by atoms with Crippen molar-refractivity contribution >= 4 is 21.9 Å². The normalized spacial score (nSPS) is 18.5. The van der Waals surface area contributed by atoms with Crippen LogP contribution in [-0.4, -0.2) is 93.0 Å². The number of hydrogen-bond acceptors (Lipinski definition) is 6. The summed E-state index contributed by atoms with van der Waals surface area (Å²) < 4.78 is 35.1. The van der Waals surface area contributed by atoms with E-state index in [1.807, 2.05) is 0 Å². The highest BCUT2D eigenvalue weighted by atomic mass is 32.2. The molecule has 1 fully saturated rings. The van der Waals surface area contributed by atoms with Gasteiger partial charge in [-0.3, -0.25) is 9.59 Å². The summed E-state index contributed by atoms with van der Waals surface area (Å²) >= 11 is 0. The van der Waals surface area contributed by atoms with Gasteiger partial charge in [-0.2, -0.15) is 4.31 Å². The van der Waals surface area contributed by atoms with Gasteiger partial charge in [0.05, 0.1) is 19.0 Å². The average Bonchev–Trinajstić information content (AvgIpc) is 2.53. The van der Waals surface area contributed by atoms with E-state index in [4.69, 9.17) is 14.6 Å². The standard InChI is InChI=1S/C15H28N2O7S/c1-3-4-5-7-23-12-14(18)16-6-8-24-13(9-16)10-17(11-15(19)20)25(2,21)22/h13H,3-12H2,1-2H3,(H,19,20). The van der Waals surface area contributed by atoms with Gasteiger partial charge in [0.25, 0.3) is 0 Å². The molecule has 0 aromatic heterocycles. The minimum Gasteiger partial charge on any atom is -0.480 e. The van der Waals surface area contributed by atoms with E-state index in [-0.39, 0.29) is 32.2 Å². The molecule has 146 valence electrons. The predicted molar refractivity (Wildman–Crippen MR) is 90.7 cm³/mol. The Morgan fingerprint density at radius 3 is 2.68 bits per heavy atom. The predicted octanol–water partition coefficient (Wildman–Crippen LogP) is -0.233. The van der Waals surface area contributed by atoms with Gasteiger partial charge in [0.1, 0.15) is 13.2 Å². The number of carboxylic acids is 1. The quantitative estimate of drug-likeness (QED) is 0.492. The van der Waals surface area contributed by atoms with Gasteiger partial charge in [-0.1, -0.05) is 19.8 Å². The van der Waals surface area contributed by atoms with E-state index < -0.39 is 28.6 Å². The Balaban J connectivity index is 2.49. The highest BCUT2D eigenvalue weighted by molar-refractivity contribution is 7.88. The summed E-state index contributed by atoms with van der Waals surface area (Å²) in [6.07, 6.45) is 3.43. The van der Waals surface area contributed by atoms with E-state index in [1.165, 1.54) is 0 Å². The second-order valence-corrected chi connectivity index (χ2v) is 8.02. The lowest BCUT2D eigenvalue weighted by Crippen LogP contribution is -2.51. The van der Waals surface area contributed by atoms with E-state index in [0.29, 0.717) is 13.2 Å². The number of amides is 1. The smallest absolute Gasteiger partial charge is 0.318 e. The number of carbonyl (C=O) groups is 2. The number of morpholine rings is 1. The molecule has 0 aromatic rings. The van der Waals surface area contributed by atoms with E-state index in [0.717, 1.165) is 29.8 Å². The van der Waals surface area contributed by atoms with Crippen LogP contribution in [0.5, 0.6) is 0 Å². The number of carboxylic acid groups (broad SMARTS) is 1. The third-order valence-electron chi connectivity index (χ3n) is 3.80. The molecule has 1 unspecified atom stereocenters. The average molecular weight is 380 g/mol. The Morgan fingerprint density at radius 1 is 1.36 bits per heavy atom. The van der Waals surface area contributed by atoms with Crippen LogP contribution in [0.1, 0.15) is 26.2 Å². The van der Waals surface area contributed by atoms with Crippen LogP contribution >= 0.6 is 0 Å². The van der Waals surface area contributed by atoms with Gasteiger partial charge in [0.2, 0.25) is 15.9 Å². The molecule has 9 nitrogen and oxygen atoms in total. The molecule has 1 heterocycles. The molecular formula is C15H28N2O7S. The first-order chi connectivity index (χ1) is 11.7. The van der Waals surface area contributed by atoms with E-state index >= 15 is 0 Å². The molecule has 1 aliphatic rings. The number of nitrogens with zero attached hydrogens (tertiary/aromatic N) is 2. The SMILES string of the molecule is CCCCCOCC(=O)N1CCOC(CN(CC(=O)O)S(C)(=O)=O)C1. The zero-order valence-electron chi connectivity index (χ0n) is 14.8. The molecule has 0 bridgehead atoms. The van der Waals surface area contributed by atoms with Gasteiger partial charge in [-0.15, -0.1) is 0 Å². The van der Waals surface area contributed by atoms with Gasteiger partial charge in [-0.05, 0) is 6.42 Å². The van der Waals surface area contributed by atoms with Crippen LogP contribution in [0.4, 0.5) is 0 Å². The first kappa shape index (κ1) is 21.8. The molecule has 10 heteroatoms. The molecule has 0 aromatic carbocycles. The molecule has 1 saturated heterocycles. The van der Waals surface area contributed by atoms with Crippen molar-refractivity contribution in [2.24, 2.45) is 0 Å². The molecule has 0 radical (unpaired) electrons. The molecule has 0 aliphatic carbocycles. The van der Waals surface area contributed by atoms with Gasteiger partial charge in [-0.25, -0.2) is 8.42 Å². The van der Waals surface area contributed by atoms with Crippen LogP contribution in [0.15, 0.2) is 0 Å². The number of sulfonamides is 1. The minimum absolute atomic E-state index is 0.0125. The monoisotopic (exact) mass is 380 g/mol. The van der Waals surface area contributed by atoms with Crippen molar-refractivity contribution in [2.75, 3.05) is 52.3 Å². The molecule has 25 heavy (non-hydrogen) atoms. The fourth-order valence-corrected chi connectivity index (χ4v) is 3.24. The Labute approximate surface area is 148 Å². The lowest BCUT2D eigenvalue weighted by Gasteiger charge is -2.34. The Morgan fingerprint density at radius 2 is 2.08 bits per heavy atom. The molecule has 1 amide bonds. The number of unbranched alkanes of at least 4 members (excludes halogenated alkanes) is 2. The van der Waals surface area contributed by atoms with E-state index in [1.54, 1.807) is 4.90 Å². The Bertz CT molecular complexity index is 538. The highest BCUT2D eigenvalue weighted by Gasteiger charge is 2.29. The number of aliphatic carboxylic acids is 1. The maximum Gasteiger partial charge on any atom is 0.318 e. The first-order valence-electron chi connectivity index (χ1n) is 8.38. The van der Waals surface area contributed by atoms with Gasteiger partial charge in [0.15, 0.2) is 0 Å². The van der Waals surface area contributed by atoms with Crippen molar-refractivity contribution < 1.29 is 32.6 Å². The van der Waals surface area contributed by atoms with Crippen molar-refractivity contribution in [1.82, 2.24) is 9.21 Å². The lowest BCUT2D eigenvalue weighted by molar-refractivity contribution is -0.145. The highest BCUT2D eigenvalue weighted by Crippen LogP contribution is 2.10. The van der Waals surface area contributed by atoms with Crippen molar-refractivity contribution in [3.8, 4) is 0 Å². The number of rotatable bonds is 11. The van der Waals surface area contributed by atoms with Crippen LogP contribution in [-0.2, 0) is 29.1 Å². The maximum absolute atomic E-state index is 12.2. The summed E-state index contributed by atoms with van der Waals surface area (Å²) in [5, 5.41) is 8.85. The van der Waals surface area contributed by atoms with Crippen molar-refractivity contribution in [2.45, 2.75) is 32.3 Å². The molecule has 1 atom stereocenters. The first-order valence-corrected chi connectivity index (χ1v) is 10.2. The third-order valence-corrected chi connectivity index (χ3v) is 5.01. The van der Waals surface area contributed by atoms with Gasteiger partial charge < -0.3 is 19.5 Å². The Kier molecular flexibility index (Phi) is 9.33. The summed E-state index contributed by atoms with van der Waals surface area (Å²) in [4.78, 5) is 24.6. The van der Waals surface area contributed by atoms with Crippen LogP contribution < -0.4 is 0 Å². The largest absolute Gasteiger partial charge is 0.480 e. The summed E-state index contributed by atoms with van der Waals surface area (Å²) in [5.41, 5.74) is 0. The number of ether oxygens (including phenoxy) is 2. The lowest BCUT2D eigenvalue weighted by atomic mass is 10.2. The Hall–Kier alpha value is -1.23. The molecule has 1 rings (SSSR count). The van der Waals surface area contributed by atoms with Crippen molar-refractivity contribution in [3.63, 3.8) is 0 Å². The second kappa shape index (κ2) is 10.7. The minimum atomic E-state index is -3.68. The molecule has 1 aliphatic heterocycles. The molecule has 1 N–H and O–H groups in total. The number of hydrogen-bond donors (Lipinski definition) is 1. The van der Waals surface area contributed by atoms with Crippen molar-refractivity contribution in [1.29, 1.82) is 0 Å². The van der Waals surface area contributed by atoms with Crippen molar-refractivity contribution in [3.05, 3.63) is 0 Å². The maximum atomic E-state index is 12.2. The van der Waals surface area contributed by atoms with E-state index in [9.17, 15) is 18.0 Å².